The number of hydrogen-bond donors (Lipinski definition) is 0. The van der Waals surface area contributed by atoms with Crippen molar-refractivity contribution < 1.29 is 0 Å². The number of rotatable bonds is 3. The van der Waals surface area contributed by atoms with Crippen LogP contribution in [-0.4, -0.2) is 52.2 Å². The van der Waals surface area contributed by atoms with Gasteiger partial charge in [0.05, 0.1) is 23.0 Å². The number of piperidine rings is 1. The molecule has 0 N–H and O–H groups in total. The van der Waals surface area contributed by atoms with Crippen molar-refractivity contribution in [2.75, 3.05) is 32.1 Å². The molecule has 2 aromatic heterocycles. The molecule has 0 aliphatic carbocycles. The van der Waals surface area contributed by atoms with Gasteiger partial charge in [-0.25, -0.2) is 4.98 Å². The molecule has 2 aliphatic rings. The maximum Gasteiger partial charge on any atom is 0.161 e. The standard InChI is InChI=1S/C29H30N6/c1-20-17-31-29-28-15-23(22-6-4-21(16-30)5-7-22)18-34(28)19-24-14-26(8-9-27(24)35(20)29)33-12-10-25(11-13-33)32(2)3/h4-9,14-15,17-18,25H,10-13,19H2,1-3H3. The highest BCUT2D eigenvalue weighted by molar-refractivity contribution is 5.73. The summed E-state index contributed by atoms with van der Waals surface area (Å²) in [5, 5.41) is 9.15. The van der Waals surface area contributed by atoms with Gasteiger partial charge in [0, 0.05) is 55.0 Å². The monoisotopic (exact) mass is 462 g/mol. The number of nitrogens with zero attached hydrogens (tertiary/aromatic N) is 6. The number of imidazole rings is 1. The molecule has 1 fully saturated rings. The predicted molar refractivity (Wildman–Crippen MR) is 140 cm³/mol. The summed E-state index contributed by atoms with van der Waals surface area (Å²) in [6.45, 7) is 5.11. The van der Waals surface area contributed by atoms with Crippen molar-refractivity contribution in [3.63, 3.8) is 0 Å². The van der Waals surface area contributed by atoms with Crippen molar-refractivity contribution >= 4 is 5.69 Å². The maximum absolute atomic E-state index is 9.15. The second-order valence-corrected chi connectivity index (χ2v) is 9.98. The van der Waals surface area contributed by atoms with Crippen molar-refractivity contribution in [2.45, 2.75) is 32.4 Å². The molecule has 6 heteroatoms. The Labute approximate surface area is 206 Å². The van der Waals surface area contributed by atoms with Crippen LogP contribution in [0.2, 0.25) is 0 Å². The van der Waals surface area contributed by atoms with Gasteiger partial charge in [0.15, 0.2) is 5.82 Å². The zero-order valence-electron chi connectivity index (χ0n) is 20.6. The smallest absolute Gasteiger partial charge is 0.161 e. The van der Waals surface area contributed by atoms with E-state index < -0.39 is 0 Å². The minimum Gasteiger partial charge on any atom is -0.371 e. The molecule has 1 saturated heterocycles. The highest BCUT2D eigenvalue weighted by atomic mass is 15.2. The average Bonchev–Trinajstić information content (AvgIpc) is 3.44. The van der Waals surface area contributed by atoms with E-state index in [1.54, 1.807) is 0 Å². The van der Waals surface area contributed by atoms with Gasteiger partial charge in [-0.1, -0.05) is 12.1 Å². The summed E-state index contributed by atoms with van der Waals surface area (Å²) < 4.78 is 4.61. The minimum absolute atomic E-state index is 0.673. The Balaban J connectivity index is 1.39. The predicted octanol–water partition coefficient (Wildman–Crippen LogP) is 5.08. The molecule has 6 rings (SSSR count). The normalized spacial score (nSPS) is 15.3. The van der Waals surface area contributed by atoms with E-state index in [1.807, 2.05) is 30.5 Å². The first kappa shape index (κ1) is 21.7. The molecule has 0 unspecified atom stereocenters. The van der Waals surface area contributed by atoms with Gasteiger partial charge < -0.3 is 14.4 Å². The first-order chi connectivity index (χ1) is 17.0. The molecule has 176 valence electrons. The Bertz CT molecular complexity index is 1430. The lowest BCUT2D eigenvalue weighted by Gasteiger charge is -2.36. The number of benzene rings is 2. The summed E-state index contributed by atoms with van der Waals surface area (Å²) in [5.74, 6) is 0.973. The van der Waals surface area contributed by atoms with Crippen LogP contribution in [0.4, 0.5) is 5.69 Å². The molecule has 2 aliphatic heterocycles. The molecule has 0 saturated carbocycles. The van der Waals surface area contributed by atoms with Crippen LogP contribution in [0.15, 0.2) is 60.9 Å². The first-order valence-electron chi connectivity index (χ1n) is 12.3. The molecule has 0 amide bonds. The number of fused-ring (bicyclic) bond motifs is 5. The Kier molecular flexibility index (Phi) is 5.23. The van der Waals surface area contributed by atoms with E-state index in [1.165, 1.54) is 29.8 Å². The molecule has 35 heavy (non-hydrogen) atoms. The molecule has 4 aromatic rings. The lowest BCUT2D eigenvalue weighted by atomic mass is 10.0. The van der Waals surface area contributed by atoms with E-state index in [9.17, 15) is 0 Å². The van der Waals surface area contributed by atoms with Crippen LogP contribution < -0.4 is 4.90 Å². The Hall–Kier alpha value is -3.82. The largest absolute Gasteiger partial charge is 0.371 e. The van der Waals surface area contributed by atoms with Crippen LogP contribution in [0.3, 0.4) is 0 Å². The van der Waals surface area contributed by atoms with Gasteiger partial charge in [0.2, 0.25) is 0 Å². The van der Waals surface area contributed by atoms with Gasteiger partial charge >= 0.3 is 0 Å². The third-order valence-corrected chi connectivity index (χ3v) is 7.62. The molecule has 0 spiro atoms. The maximum atomic E-state index is 9.15. The van der Waals surface area contributed by atoms with Crippen molar-refractivity contribution in [2.24, 2.45) is 0 Å². The van der Waals surface area contributed by atoms with Crippen molar-refractivity contribution in [3.05, 3.63) is 77.7 Å². The molecule has 4 heterocycles. The number of hydrogen-bond acceptors (Lipinski definition) is 4. The summed E-state index contributed by atoms with van der Waals surface area (Å²) in [6.07, 6.45) is 6.58. The van der Waals surface area contributed by atoms with Gasteiger partial charge in [-0.05, 0) is 81.4 Å². The number of nitriles is 1. The second kappa shape index (κ2) is 8.44. The number of anilines is 1. The van der Waals surface area contributed by atoms with Gasteiger partial charge in [-0.15, -0.1) is 0 Å². The zero-order chi connectivity index (χ0) is 24.1. The minimum atomic E-state index is 0.673. The lowest BCUT2D eigenvalue weighted by Crippen LogP contribution is -2.42. The van der Waals surface area contributed by atoms with Crippen molar-refractivity contribution in [1.29, 1.82) is 5.26 Å². The molecule has 0 atom stereocenters. The first-order valence-corrected chi connectivity index (χ1v) is 12.3. The number of aromatic nitrogens is 3. The van der Waals surface area contributed by atoms with Crippen LogP contribution in [0.25, 0.3) is 28.3 Å². The summed E-state index contributed by atoms with van der Waals surface area (Å²) >= 11 is 0. The summed E-state index contributed by atoms with van der Waals surface area (Å²) in [5.41, 5.74) is 9.00. The SMILES string of the molecule is Cc1cnc2n1-c1ccc(N3CCC(N(C)C)CC3)cc1Cn1cc(-c3ccc(C#N)cc3)cc1-2. The topological polar surface area (TPSA) is 53.0 Å². The van der Waals surface area contributed by atoms with Crippen molar-refractivity contribution in [1.82, 2.24) is 19.0 Å². The van der Waals surface area contributed by atoms with Crippen LogP contribution >= 0.6 is 0 Å². The summed E-state index contributed by atoms with van der Waals surface area (Å²) in [4.78, 5) is 9.70. The van der Waals surface area contributed by atoms with Gasteiger partial charge in [-0.2, -0.15) is 5.26 Å². The van der Waals surface area contributed by atoms with E-state index in [-0.39, 0.29) is 0 Å². The van der Waals surface area contributed by atoms with E-state index in [4.69, 9.17) is 10.2 Å². The van der Waals surface area contributed by atoms with E-state index in [0.29, 0.717) is 11.6 Å². The van der Waals surface area contributed by atoms with Crippen LogP contribution in [0, 0.1) is 18.3 Å². The van der Waals surface area contributed by atoms with E-state index in [0.717, 1.165) is 48.0 Å². The molecule has 0 radical (unpaired) electrons. The van der Waals surface area contributed by atoms with Gasteiger partial charge in [0.25, 0.3) is 0 Å². The van der Waals surface area contributed by atoms with Gasteiger partial charge in [0.1, 0.15) is 0 Å². The lowest BCUT2D eigenvalue weighted by molar-refractivity contribution is 0.249. The fourth-order valence-corrected chi connectivity index (χ4v) is 5.58. The quantitative estimate of drug-likeness (QED) is 0.375. The Morgan fingerprint density at radius 2 is 1.77 bits per heavy atom. The fraction of sp³-hybridized carbons (Fsp3) is 0.310. The van der Waals surface area contributed by atoms with Crippen LogP contribution in [-0.2, 0) is 6.54 Å². The molecule has 0 bridgehead atoms. The fourth-order valence-electron chi connectivity index (χ4n) is 5.58. The van der Waals surface area contributed by atoms with Crippen LogP contribution in [0.1, 0.15) is 29.7 Å². The summed E-state index contributed by atoms with van der Waals surface area (Å²) in [7, 11) is 4.38. The van der Waals surface area contributed by atoms with Gasteiger partial charge in [-0.3, -0.25) is 4.57 Å². The molecular formula is C29H30N6. The van der Waals surface area contributed by atoms with E-state index in [2.05, 4.69) is 76.5 Å². The summed E-state index contributed by atoms with van der Waals surface area (Å²) in [6, 6.07) is 19.8. The number of aryl methyl sites for hydroxylation is 1. The molecule has 6 nitrogen and oxygen atoms in total. The third-order valence-electron chi connectivity index (χ3n) is 7.62. The molecule has 2 aromatic carbocycles. The third kappa shape index (κ3) is 3.73. The second-order valence-electron chi connectivity index (χ2n) is 9.98. The molecular weight excluding hydrogens is 432 g/mol. The Morgan fingerprint density at radius 3 is 2.49 bits per heavy atom. The van der Waals surface area contributed by atoms with E-state index >= 15 is 0 Å². The zero-order valence-corrected chi connectivity index (χ0v) is 20.6. The Morgan fingerprint density at radius 1 is 1.00 bits per heavy atom. The van der Waals surface area contributed by atoms with Crippen LogP contribution in [0.5, 0.6) is 0 Å². The highest BCUT2D eigenvalue weighted by Gasteiger charge is 2.25. The highest BCUT2D eigenvalue weighted by Crippen LogP contribution is 2.36. The average molecular weight is 463 g/mol. The van der Waals surface area contributed by atoms with Crippen molar-refractivity contribution in [3.8, 4) is 34.4 Å².